The van der Waals surface area contributed by atoms with Crippen LogP contribution in [-0.2, 0) is 14.8 Å². The molecule has 5 nitrogen and oxygen atoms in total. The summed E-state index contributed by atoms with van der Waals surface area (Å²) in [6.45, 7) is 3.82. The molecule has 0 saturated carbocycles. The lowest BCUT2D eigenvalue weighted by Gasteiger charge is -2.10. The Morgan fingerprint density at radius 2 is 2.07 bits per heavy atom. The Morgan fingerprint density at radius 3 is 2.53 bits per heavy atom. The van der Waals surface area contributed by atoms with E-state index >= 15 is 0 Å². The molecule has 0 fully saturated rings. The minimum absolute atomic E-state index is 0.0176. The van der Waals surface area contributed by atoms with Crippen LogP contribution in [0, 0.1) is 5.92 Å². The van der Waals surface area contributed by atoms with E-state index in [1.165, 1.54) is 0 Å². The molecule has 1 unspecified atom stereocenters. The number of aliphatic carboxylic acids is 1. The number of carboxylic acid groups (broad SMARTS) is 1. The molecule has 0 aromatic heterocycles. The Hall–Kier alpha value is -0.620. The van der Waals surface area contributed by atoms with Gasteiger partial charge in [0.2, 0.25) is 10.0 Å². The molecule has 0 aliphatic carbocycles. The van der Waals surface area contributed by atoms with E-state index in [9.17, 15) is 13.2 Å². The number of carboxylic acids is 1. The predicted octanol–water partition coefficient (Wildman–Crippen LogP) is 0.817. The van der Waals surface area contributed by atoms with E-state index in [0.29, 0.717) is 6.42 Å². The molecular weight excluding hydrogens is 218 g/mol. The van der Waals surface area contributed by atoms with Crippen molar-refractivity contribution in [3.63, 3.8) is 0 Å². The van der Waals surface area contributed by atoms with Crippen LogP contribution >= 0.6 is 0 Å². The third-order valence-corrected chi connectivity index (χ3v) is 3.37. The number of unbranched alkanes of at least 4 members (excludes halogenated alkanes) is 1. The van der Waals surface area contributed by atoms with Crippen LogP contribution in [0.5, 0.6) is 0 Å². The summed E-state index contributed by atoms with van der Waals surface area (Å²) in [5, 5.41) is 8.48. The van der Waals surface area contributed by atoms with E-state index in [2.05, 4.69) is 4.72 Å². The molecule has 0 bridgehead atoms. The zero-order chi connectivity index (χ0) is 11.9. The first kappa shape index (κ1) is 14.4. The van der Waals surface area contributed by atoms with E-state index in [0.717, 1.165) is 6.42 Å². The molecule has 90 valence electrons. The average molecular weight is 237 g/mol. The van der Waals surface area contributed by atoms with Crippen molar-refractivity contribution in [2.24, 2.45) is 5.92 Å². The van der Waals surface area contributed by atoms with Gasteiger partial charge in [0.05, 0.1) is 5.75 Å². The van der Waals surface area contributed by atoms with Crippen LogP contribution in [-0.4, -0.2) is 31.8 Å². The minimum atomic E-state index is -3.22. The lowest BCUT2D eigenvalue weighted by atomic mass is 10.1. The molecule has 15 heavy (non-hydrogen) atoms. The van der Waals surface area contributed by atoms with Crippen molar-refractivity contribution in [2.45, 2.75) is 33.1 Å². The molecule has 0 saturated heterocycles. The molecule has 0 radical (unpaired) electrons. The molecule has 0 aliphatic rings. The summed E-state index contributed by atoms with van der Waals surface area (Å²) in [5.74, 6) is -0.974. The number of hydrogen-bond acceptors (Lipinski definition) is 3. The van der Waals surface area contributed by atoms with Crippen LogP contribution in [0.3, 0.4) is 0 Å². The summed E-state index contributed by atoms with van der Waals surface area (Å²) in [6, 6.07) is 0. The third-order valence-electron chi connectivity index (χ3n) is 1.94. The van der Waals surface area contributed by atoms with Crippen LogP contribution in [0.25, 0.3) is 0 Å². The van der Waals surface area contributed by atoms with E-state index in [-0.39, 0.29) is 24.6 Å². The summed E-state index contributed by atoms with van der Waals surface area (Å²) in [4.78, 5) is 10.3. The van der Waals surface area contributed by atoms with Gasteiger partial charge in [0.1, 0.15) is 0 Å². The molecule has 0 rings (SSSR count). The van der Waals surface area contributed by atoms with E-state index in [1.54, 1.807) is 6.92 Å². The van der Waals surface area contributed by atoms with Crippen LogP contribution in [0.2, 0.25) is 0 Å². The van der Waals surface area contributed by atoms with Crippen molar-refractivity contribution in [2.75, 3.05) is 12.3 Å². The lowest BCUT2D eigenvalue weighted by Crippen LogP contribution is -2.31. The van der Waals surface area contributed by atoms with E-state index in [1.807, 2.05) is 6.92 Å². The van der Waals surface area contributed by atoms with Gasteiger partial charge in [0, 0.05) is 13.0 Å². The van der Waals surface area contributed by atoms with Gasteiger partial charge in [-0.15, -0.1) is 0 Å². The van der Waals surface area contributed by atoms with E-state index < -0.39 is 16.0 Å². The zero-order valence-corrected chi connectivity index (χ0v) is 10.0. The Kier molecular flexibility index (Phi) is 6.51. The van der Waals surface area contributed by atoms with Crippen molar-refractivity contribution in [3.05, 3.63) is 0 Å². The Labute approximate surface area is 90.9 Å². The highest BCUT2D eigenvalue weighted by atomic mass is 32.2. The van der Waals surface area contributed by atoms with Gasteiger partial charge in [-0.2, -0.15) is 0 Å². The van der Waals surface area contributed by atoms with Gasteiger partial charge in [0.25, 0.3) is 0 Å². The summed E-state index contributed by atoms with van der Waals surface area (Å²) in [6.07, 6.45) is 1.44. The molecule has 6 heteroatoms. The van der Waals surface area contributed by atoms with Crippen molar-refractivity contribution in [3.8, 4) is 0 Å². The smallest absolute Gasteiger partial charge is 0.303 e. The van der Waals surface area contributed by atoms with Gasteiger partial charge in [-0.1, -0.05) is 20.3 Å². The highest BCUT2D eigenvalue weighted by Gasteiger charge is 2.13. The molecule has 0 aromatic rings. The largest absolute Gasteiger partial charge is 0.481 e. The van der Waals surface area contributed by atoms with Crippen LogP contribution in [0.1, 0.15) is 33.1 Å². The predicted molar refractivity (Wildman–Crippen MR) is 58.1 cm³/mol. The van der Waals surface area contributed by atoms with Gasteiger partial charge < -0.3 is 5.11 Å². The van der Waals surface area contributed by atoms with Gasteiger partial charge in [-0.25, -0.2) is 13.1 Å². The molecule has 0 amide bonds. The van der Waals surface area contributed by atoms with Crippen molar-refractivity contribution in [1.82, 2.24) is 4.72 Å². The molecule has 1 atom stereocenters. The number of carbonyl (C=O) groups is 1. The normalized spacial score (nSPS) is 13.7. The summed E-state index contributed by atoms with van der Waals surface area (Å²) in [5.41, 5.74) is 0. The highest BCUT2D eigenvalue weighted by molar-refractivity contribution is 7.89. The van der Waals surface area contributed by atoms with Crippen molar-refractivity contribution < 1.29 is 18.3 Å². The summed E-state index contributed by atoms with van der Waals surface area (Å²) >= 11 is 0. The molecule has 0 aromatic carbocycles. The number of hydrogen-bond donors (Lipinski definition) is 2. The highest BCUT2D eigenvalue weighted by Crippen LogP contribution is 2.01. The maximum atomic E-state index is 11.3. The van der Waals surface area contributed by atoms with Crippen molar-refractivity contribution >= 4 is 16.0 Å². The van der Waals surface area contributed by atoms with Crippen molar-refractivity contribution in [1.29, 1.82) is 0 Å². The number of rotatable bonds is 8. The van der Waals surface area contributed by atoms with Gasteiger partial charge in [-0.3, -0.25) is 4.79 Å². The zero-order valence-electron chi connectivity index (χ0n) is 9.19. The fourth-order valence-electron chi connectivity index (χ4n) is 1.05. The maximum absolute atomic E-state index is 11.3. The number of nitrogens with one attached hydrogen (secondary N) is 1. The summed E-state index contributed by atoms with van der Waals surface area (Å²) in [7, 11) is -3.22. The van der Waals surface area contributed by atoms with Crippen LogP contribution in [0.15, 0.2) is 0 Å². The second-order valence-corrected chi connectivity index (χ2v) is 5.65. The Balaban J connectivity index is 3.87. The van der Waals surface area contributed by atoms with Crippen LogP contribution < -0.4 is 4.72 Å². The second kappa shape index (κ2) is 6.79. The summed E-state index contributed by atoms with van der Waals surface area (Å²) < 4.78 is 25.1. The molecule has 2 N–H and O–H groups in total. The van der Waals surface area contributed by atoms with Crippen LogP contribution in [0.4, 0.5) is 0 Å². The molecule has 0 spiro atoms. The van der Waals surface area contributed by atoms with Gasteiger partial charge in [0.15, 0.2) is 0 Å². The number of sulfonamides is 1. The first-order valence-corrected chi connectivity index (χ1v) is 6.71. The molecule has 0 aliphatic heterocycles. The minimum Gasteiger partial charge on any atom is -0.481 e. The SMILES string of the molecule is CCCCS(=O)(=O)NCC(C)CC(=O)O. The second-order valence-electron chi connectivity index (χ2n) is 3.72. The Morgan fingerprint density at radius 1 is 1.47 bits per heavy atom. The molecule has 0 heterocycles. The fourth-order valence-corrected chi connectivity index (χ4v) is 2.40. The first-order chi connectivity index (χ1) is 6.87. The lowest BCUT2D eigenvalue weighted by molar-refractivity contribution is -0.137. The topological polar surface area (TPSA) is 83.5 Å². The Bertz CT molecular complexity index is 286. The van der Waals surface area contributed by atoms with E-state index in [4.69, 9.17) is 5.11 Å². The third kappa shape index (κ3) is 8.38. The van der Waals surface area contributed by atoms with Gasteiger partial charge >= 0.3 is 5.97 Å². The van der Waals surface area contributed by atoms with Gasteiger partial charge in [-0.05, 0) is 12.3 Å². The standard InChI is InChI=1S/C9H19NO4S/c1-3-4-5-15(13,14)10-7-8(2)6-9(11)12/h8,10H,3-7H2,1-2H3,(H,11,12). The monoisotopic (exact) mass is 237 g/mol. The average Bonchev–Trinajstić information content (AvgIpc) is 2.11. The fraction of sp³-hybridized carbons (Fsp3) is 0.889. The molecular formula is C9H19NO4S. The first-order valence-electron chi connectivity index (χ1n) is 5.06. The maximum Gasteiger partial charge on any atom is 0.303 e. The quantitative estimate of drug-likeness (QED) is 0.654.